The predicted molar refractivity (Wildman–Crippen MR) is 47.9 cm³/mol. The molecular weight excluding hydrogens is 182 g/mol. The van der Waals surface area contributed by atoms with Gasteiger partial charge < -0.3 is 10.0 Å². The molecule has 2 aliphatic rings. The normalized spacial score (nSPS) is 34.3. The van der Waals surface area contributed by atoms with Crippen LogP contribution in [0.5, 0.6) is 0 Å². The lowest BCUT2D eigenvalue weighted by Crippen LogP contribution is -2.29. The Morgan fingerprint density at radius 2 is 2.29 bits per heavy atom. The van der Waals surface area contributed by atoms with Crippen LogP contribution in [0.4, 0.5) is 4.79 Å². The highest BCUT2D eigenvalue weighted by Gasteiger charge is 2.57. The molecule has 3 rings (SSSR count). The Morgan fingerprint density at radius 1 is 1.57 bits per heavy atom. The third kappa shape index (κ3) is 0.950. The number of piperidine rings is 1. The molecule has 2 N–H and O–H groups in total. The maximum absolute atomic E-state index is 10.7. The van der Waals surface area contributed by atoms with Crippen molar-refractivity contribution in [2.24, 2.45) is 11.8 Å². The van der Waals surface area contributed by atoms with Gasteiger partial charge in [-0.05, 0) is 17.9 Å². The number of H-pyrrole nitrogens is 1. The standard InChI is InChI=1S/C9H11N3O2/c13-9(14)12-3-5-6(4-12)8(5)7-1-2-10-11-7/h1-2,5-6,8H,3-4H2,(H,10,11)(H,13,14)/t5-,6+,8?. The van der Waals surface area contributed by atoms with Crippen molar-refractivity contribution in [1.82, 2.24) is 15.1 Å². The lowest BCUT2D eigenvalue weighted by molar-refractivity contribution is 0.150. The summed E-state index contributed by atoms with van der Waals surface area (Å²) < 4.78 is 0. The van der Waals surface area contributed by atoms with Crippen molar-refractivity contribution < 1.29 is 9.90 Å². The minimum Gasteiger partial charge on any atom is -0.465 e. The van der Waals surface area contributed by atoms with Gasteiger partial charge in [-0.25, -0.2) is 4.79 Å². The molecule has 0 radical (unpaired) electrons. The van der Waals surface area contributed by atoms with E-state index in [9.17, 15) is 4.79 Å². The van der Waals surface area contributed by atoms with Gasteiger partial charge in [0.15, 0.2) is 0 Å². The molecule has 1 aromatic heterocycles. The molecule has 74 valence electrons. The van der Waals surface area contributed by atoms with Gasteiger partial charge in [-0.15, -0.1) is 0 Å². The van der Waals surface area contributed by atoms with Crippen molar-refractivity contribution in [3.63, 3.8) is 0 Å². The fraction of sp³-hybridized carbons (Fsp3) is 0.556. The zero-order chi connectivity index (χ0) is 9.71. The minimum absolute atomic E-state index is 0.520. The molecule has 14 heavy (non-hydrogen) atoms. The van der Waals surface area contributed by atoms with Gasteiger partial charge in [0.1, 0.15) is 0 Å². The highest BCUT2D eigenvalue weighted by molar-refractivity contribution is 5.66. The number of aromatic amines is 1. The van der Waals surface area contributed by atoms with E-state index >= 15 is 0 Å². The summed E-state index contributed by atoms with van der Waals surface area (Å²) >= 11 is 0. The first-order valence-electron chi connectivity index (χ1n) is 4.74. The van der Waals surface area contributed by atoms with Gasteiger partial charge in [0.2, 0.25) is 0 Å². The van der Waals surface area contributed by atoms with E-state index in [0.29, 0.717) is 30.8 Å². The van der Waals surface area contributed by atoms with Gasteiger partial charge in [0.05, 0.1) is 0 Å². The first kappa shape index (κ1) is 7.84. The van der Waals surface area contributed by atoms with Crippen molar-refractivity contribution in [3.8, 4) is 0 Å². The average molecular weight is 193 g/mol. The van der Waals surface area contributed by atoms with Gasteiger partial charge in [-0.2, -0.15) is 5.10 Å². The molecule has 1 saturated heterocycles. The monoisotopic (exact) mass is 193 g/mol. The molecule has 1 aliphatic heterocycles. The number of hydrogen-bond donors (Lipinski definition) is 2. The second-order valence-electron chi connectivity index (χ2n) is 4.05. The molecule has 0 aromatic carbocycles. The molecule has 0 spiro atoms. The van der Waals surface area contributed by atoms with E-state index in [-0.39, 0.29) is 0 Å². The van der Waals surface area contributed by atoms with Crippen LogP contribution in [0.1, 0.15) is 11.6 Å². The van der Waals surface area contributed by atoms with Crippen molar-refractivity contribution >= 4 is 6.09 Å². The summed E-state index contributed by atoms with van der Waals surface area (Å²) in [6, 6.07) is 1.98. The largest absolute Gasteiger partial charge is 0.465 e. The number of carboxylic acid groups (broad SMARTS) is 1. The number of hydrogen-bond acceptors (Lipinski definition) is 2. The number of carbonyl (C=O) groups is 1. The van der Waals surface area contributed by atoms with E-state index in [1.54, 1.807) is 6.20 Å². The Labute approximate surface area is 80.7 Å². The van der Waals surface area contributed by atoms with E-state index in [2.05, 4.69) is 10.2 Å². The fourth-order valence-electron chi connectivity index (χ4n) is 2.60. The summed E-state index contributed by atoms with van der Waals surface area (Å²) in [6.07, 6.45) is 0.957. The summed E-state index contributed by atoms with van der Waals surface area (Å²) in [6.45, 7) is 1.37. The van der Waals surface area contributed by atoms with Gasteiger partial charge in [-0.1, -0.05) is 0 Å². The van der Waals surface area contributed by atoms with Gasteiger partial charge >= 0.3 is 6.09 Å². The molecule has 1 amide bonds. The van der Waals surface area contributed by atoms with Crippen molar-refractivity contribution in [3.05, 3.63) is 18.0 Å². The summed E-state index contributed by atoms with van der Waals surface area (Å²) in [7, 11) is 0. The number of nitrogens with one attached hydrogen (secondary N) is 1. The maximum atomic E-state index is 10.7. The molecule has 5 heteroatoms. The topological polar surface area (TPSA) is 69.2 Å². The Balaban J connectivity index is 1.70. The van der Waals surface area contributed by atoms with E-state index in [4.69, 9.17) is 5.11 Å². The molecule has 1 unspecified atom stereocenters. The van der Waals surface area contributed by atoms with Crippen LogP contribution < -0.4 is 0 Å². The summed E-state index contributed by atoms with van der Waals surface area (Å²) in [5.74, 6) is 1.56. The zero-order valence-corrected chi connectivity index (χ0v) is 7.55. The number of nitrogens with zero attached hydrogens (tertiary/aromatic N) is 2. The lowest BCUT2D eigenvalue weighted by atomic mass is 10.2. The van der Waals surface area contributed by atoms with Crippen molar-refractivity contribution in [2.45, 2.75) is 5.92 Å². The highest BCUT2D eigenvalue weighted by Crippen LogP contribution is 2.57. The number of rotatable bonds is 1. The van der Waals surface area contributed by atoms with Crippen molar-refractivity contribution in [1.29, 1.82) is 0 Å². The third-order valence-electron chi connectivity index (χ3n) is 3.35. The summed E-state index contributed by atoms with van der Waals surface area (Å²) in [5, 5.41) is 15.6. The second-order valence-corrected chi connectivity index (χ2v) is 4.05. The van der Waals surface area contributed by atoms with Gasteiger partial charge in [0, 0.05) is 30.9 Å². The SMILES string of the molecule is O=C(O)N1C[C@@H]2C(c3ccn[nH]3)[C@@H]2C1. The Bertz CT molecular complexity index is 350. The molecule has 3 atom stereocenters. The van der Waals surface area contributed by atoms with Crippen LogP contribution in [0.3, 0.4) is 0 Å². The second kappa shape index (κ2) is 2.50. The van der Waals surface area contributed by atoms with E-state index in [1.165, 1.54) is 4.90 Å². The lowest BCUT2D eigenvalue weighted by Gasteiger charge is -2.14. The Morgan fingerprint density at radius 3 is 2.79 bits per heavy atom. The number of aromatic nitrogens is 2. The Hall–Kier alpha value is -1.52. The van der Waals surface area contributed by atoms with Crippen LogP contribution in [-0.4, -0.2) is 39.4 Å². The summed E-state index contributed by atoms with van der Waals surface area (Å²) in [4.78, 5) is 12.2. The van der Waals surface area contributed by atoms with E-state index in [1.807, 2.05) is 6.07 Å². The molecule has 5 nitrogen and oxygen atoms in total. The average Bonchev–Trinajstić information content (AvgIpc) is 2.66. The van der Waals surface area contributed by atoms with Crippen molar-refractivity contribution in [2.75, 3.05) is 13.1 Å². The molecule has 1 aromatic rings. The molecule has 2 fully saturated rings. The number of likely N-dealkylation sites (tertiary alicyclic amines) is 1. The van der Waals surface area contributed by atoms with Crippen LogP contribution in [0.2, 0.25) is 0 Å². The van der Waals surface area contributed by atoms with E-state index in [0.717, 1.165) is 5.69 Å². The van der Waals surface area contributed by atoms with Crippen LogP contribution in [0.15, 0.2) is 12.3 Å². The van der Waals surface area contributed by atoms with Gasteiger partial charge in [0.25, 0.3) is 0 Å². The van der Waals surface area contributed by atoms with Gasteiger partial charge in [-0.3, -0.25) is 5.10 Å². The molecule has 1 aliphatic carbocycles. The van der Waals surface area contributed by atoms with Crippen LogP contribution in [-0.2, 0) is 0 Å². The predicted octanol–water partition coefficient (Wildman–Crippen LogP) is 0.733. The molecule has 1 saturated carbocycles. The fourth-order valence-corrected chi connectivity index (χ4v) is 2.60. The number of amides is 1. The number of fused-ring (bicyclic) bond motifs is 1. The van der Waals surface area contributed by atoms with E-state index < -0.39 is 6.09 Å². The Kier molecular flexibility index (Phi) is 1.40. The minimum atomic E-state index is -0.791. The summed E-state index contributed by atoms with van der Waals surface area (Å²) in [5.41, 5.74) is 1.16. The smallest absolute Gasteiger partial charge is 0.407 e. The molecule has 0 bridgehead atoms. The van der Waals surface area contributed by atoms with Crippen LogP contribution in [0, 0.1) is 11.8 Å². The quantitative estimate of drug-likeness (QED) is 0.690. The first-order chi connectivity index (χ1) is 6.77. The highest BCUT2D eigenvalue weighted by atomic mass is 16.4. The first-order valence-corrected chi connectivity index (χ1v) is 4.74. The molecule has 2 heterocycles. The molecular formula is C9H11N3O2. The third-order valence-corrected chi connectivity index (χ3v) is 3.35. The maximum Gasteiger partial charge on any atom is 0.407 e. The zero-order valence-electron chi connectivity index (χ0n) is 7.55. The van der Waals surface area contributed by atoms with Crippen LogP contribution >= 0.6 is 0 Å². The van der Waals surface area contributed by atoms with Crippen LogP contribution in [0.25, 0.3) is 0 Å².